The Morgan fingerprint density at radius 2 is 1.93 bits per heavy atom. The Bertz CT molecular complexity index is 1230. The van der Waals surface area contributed by atoms with Crippen LogP contribution in [0.2, 0.25) is 0 Å². The summed E-state index contributed by atoms with van der Waals surface area (Å²) >= 11 is 1.47. The zero-order chi connectivity index (χ0) is 20.2. The summed E-state index contributed by atoms with van der Waals surface area (Å²) < 4.78 is 0. The third kappa shape index (κ3) is 4.03. The second-order valence-corrected chi connectivity index (χ2v) is 7.59. The van der Waals surface area contributed by atoms with Crippen molar-refractivity contribution in [2.24, 2.45) is 0 Å². The monoisotopic (exact) mass is 396 g/mol. The van der Waals surface area contributed by atoms with Gasteiger partial charge in [-0.25, -0.2) is 4.98 Å². The van der Waals surface area contributed by atoms with Crippen molar-refractivity contribution in [3.05, 3.63) is 82.4 Å². The number of hydrogen-bond acceptors (Lipinski definition) is 5. The average Bonchev–Trinajstić information content (AvgIpc) is 3.24. The molecule has 0 aliphatic heterocycles. The van der Waals surface area contributed by atoms with E-state index in [1.165, 1.54) is 16.9 Å². The number of anilines is 1. The van der Waals surface area contributed by atoms with Crippen molar-refractivity contribution in [1.29, 1.82) is 5.26 Å². The van der Waals surface area contributed by atoms with Crippen LogP contribution >= 0.6 is 11.3 Å². The van der Waals surface area contributed by atoms with E-state index in [1.54, 1.807) is 6.20 Å². The molecule has 142 valence electrons. The van der Waals surface area contributed by atoms with Gasteiger partial charge in [-0.05, 0) is 31.0 Å². The summed E-state index contributed by atoms with van der Waals surface area (Å²) in [5, 5.41) is 16.6. The zero-order valence-corrected chi connectivity index (χ0v) is 17.1. The summed E-state index contributed by atoms with van der Waals surface area (Å²) in [4.78, 5) is 9.29. The van der Waals surface area contributed by atoms with Crippen molar-refractivity contribution in [3.63, 3.8) is 0 Å². The third-order valence-electron chi connectivity index (χ3n) is 4.74. The summed E-state index contributed by atoms with van der Waals surface area (Å²) in [6, 6.07) is 20.7. The van der Waals surface area contributed by atoms with Gasteiger partial charge in [0.1, 0.15) is 16.6 Å². The highest BCUT2D eigenvalue weighted by molar-refractivity contribution is 7.11. The molecule has 0 amide bonds. The van der Waals surface area contributed by atoms with Gasteiger partial charge in [0.2, 0.25) is 0 Å². The smallest absolute Gasteiger partial charge is 0.136 e. The molecule has 0 aliphatic carbocycles. The molecule has 0 saturated carbocycles. The third-order valence-corrected chi connectivity index (χ3v) is 5.62. The van der Waals surface area contributed by atoms with Crippen molar-refractivity contribution in [3.8, 4) is 17.3 Å². The molecule has 0 atom stereocenters. The van der Waals surface area contributed by atoms with Gasteiger partial charge in [-0.1, -0.05) is 49.4 Å². The summed E-state index contributed by atoms with van der Waals surface area (Å²) in [6.45, 7) is 4.11. The Morgan fingerprint density at radius 1 is 1.10 bits per heavy atom. The van der Waals surface area contributed by atoms with Crippen LogP contribution in [-0.4, -0.2) is 9.97 Å². The second-order valence-electron chi connectivity index (χ2n) is 6.73. The van der Waals surface area contributed by atoms with Crippen molar-refractivity contribution in [2.75, 3.05) is 5.32 Å². The molecule has 2 heterocycles. The highest BCUT2D eigenvalue weighted by Gasteiger charge is 2.10. The van der Waals surface area contributed by atoms with Crippen LogP contribution in [0.1, 0.15) is 23.2 Å². The molecular weight excluding hydrogens is 376 g/mol. The number of fused-ring (bicyclic) bond motifs is 1. The number of allylic oxidation sites excluding steroid dienone is 1. The predicted molar refractivity (Wildman–Crippen MR) is 121 cm³/mol. The topological polar surface area (TPSA) is 61.6 Å². The number of nitriles is 1. The number of nitrogens with one attached hydrogen (secondary N) is 1. The van der Waals surface area contributed by atoms with Crippen LogP contribution in [-0.2, 0) is 6.42 Å². The molecule has 0 aliphatic rings. The van der Waals surface area contributed by atoms with Crippen molar-refractivity contribution in [2.45, 2.75) is 20.3 Å². The molecule has 29 heavy (non-hydrogen) atoms. The van der Waals surface area contributed by atoms with E-state index in [9.17, 15) is 5.26 Å². The minimum Gasteiger partial charge on any atom is -0.359 e. The zero-order valence-electron chi connectivity index (χ0n) is 16.3. The van der Waals surface area contributed by atoms with Crippen molar-refractivity contribution < 1.29 is 0 Å². The molecular formula is C24H20N4S. The highest BCUT2D eigenvalue weighted by Crippen LogP contribution is 2.27. The van der Waals surface area contributed by atoms with Gasteiger partial charge in [0, 0.05) is 28.2 Å². The van der Waals surface area contributed by atoms with Gasteiger partial charge in [-0.2, -0.15) is 5.26 Å². The Morgan fingerprint density at radius 3 is 2.69 bits per heavy atom. The molecule has 0 unspecified atom stereocenters. The minimum atomic E-state index is 0.496. The molecule has 0 bridgehead atoms. The first-order chi connectivity index (χ1) is 14.2. The first kappa shape index (κ1) is 18.9. The van der Waals surface area contributed by atoms with Gasteiger partial charge < -0.3 is 5.32 Å². The number of nitrogens with zero attached hydrogens (tertiary/aromatic N) is 3. The first-order valence-corrected chi connectivity index (χ1v) is 10.3. The summed E-state index contributed by atoms with van der Waals surface area (Å²) in [5.41, 5.74) is 6.44. The number of aryl methyl sites for hydroxylation is 2. The van der Waals surface area contributed by atoms with Crippen LogP contribution in [0.15, 0.2) is 66.2 Å². The fraction of sp³-hybridized carbons (Fsp3) is 0.125. The Balaban J connectivity index is 1.61. The van der Waals surface area contributed by atoms with Gasteiger partial charge in [-0.15, -0.1) is 11.3 Å². The van der Waals surface area contributed by atoms with E-state index in [4.69, 9.17) is 0 Å². The lowest BCUT2D eigenvalue weighted by molar-refractivity contribution is 1.14. The number of rotatable bonds is 5. The Labute approximate surface area is 174 Å². The van der Waals surface area contributed by atoms with Crippen molar-refractivity contribution >= 4 is 33.5 Å². The standard InChI is InChI=1S/C24H20N4S/c1-3-17-8-11-18(12-9-17)22-15-29-24(28-22)20(13-25)14-26-21-6-4-5-19-10-7-16(2)27-23(19)21/h4-12,14-15,26H,3H2,1-2H3. The molecule has 4 nitrogen and oxygen atoms in total. The van der Waals surface area contributed by atoms with E-state index in [0.717, 1.165) is 40.0 Å². The number of benzene rings is 2. The first-order valence-electron chi connectivity index (χ1n) is 9.46. The predicted octanol–water partition coefficient (Wildman–Crippen LogP) is 6.21. The molecule has 2 aromatic heterocycles. The SMILES string of the molecule is CCc1ccc(-c2csc(C(C#N)=CNc3cccc4ccc(C)nc34)n2)cc1. The molecule has 0 spiro atoms. The fourth-order valence-corrected chi connectivity index (χ4v) is 3.89. The average molecular weight is 397 g/mol. The molecule has 2 aromatic carbocycles. The van der Waals surface area contributed by atoms with Gasteiger partial charge in [0.25, 0.3) is 0 Å². The van der Waals surface area contributed by atoms with Crippen LogP contribution in [0.5, 0.6) is 0 Å². The van der Waals surface area contributed by atoms with Crippen LogP contribution in [0.3, 0.4) is 0 Å². The van der Waals surface area contributed by atoms with E-state index in [0.29, 0.717) is 10.6 Å². The molecule has 0 saturated heterocycles. The van der Waals surface area contributed by atoms with E-state index in [1.807, 2.05) is 36.6 Å². The van der Waals surface area contributed by atoms with Crippen LogP contribution < -0.4 is 5.32 Å². The maximum absolute atomic E-state index is 9.66. The fourth-order valence-electron chi connectivity index (χ4n) is 3.09. The number of thiazole rings is 1. The molecule has 4 rings (SSSR count). The number of pyridine rings is 1. The van der Waals surface area contributed by atoms with Gasteiger partial charge in [0.05, 0.1) is 16.9 Å². The van der Waals surface area contributed by atoms with Gasteiger partial charge in [-0.3, -0.25) is 4.98 Å². The van der Waals surface area contributed by atoms with E-state index in [-0.39, 0.29) is 0 Å². The Kier molecular flexibility index (Phi) is 5.37. The van der Waals surface area contributed by atoms with Crippen LogP contribution in [0, 0.1) is 18.3 Å². The summed E-state index contributed by atoms with van der Waals surface area (Å²) in [5.74, 6) is 0. The van der Waals surface area contributed by atoms with E-state index in [2.05, 4.69) is 58.6 Å². The van der Waals surface area contributed by atoms with E-state index >= 15 is 0 Å². The number of hydrogen-bond donors (Lipinski definition) is 1. The quantitative estimate of drug-likeness (QED) is 0.408. The summed E-state index contributed by atoms with van der Waals surface area (Å²) in [6.07, 6.45) is 2.72. The molecule has 0 radical (unpaired) electrons. The lowest BCUT2D eigenvalue weighted by Crippen LogP contribution is -1.94. The minimum absolute atomic E-state index is 0.496. The van der Waals surface area contributed by atoms with Crippen LogP contribution in [0.25, 0.3) is 27.7 Å². The maximum atomic E-state index is 9.66. The van der Waals surface area contributed by atoms with Gasteiger partial charge in [0.15, 0.2) is 0 Å². The second kappa shape index (κ2) is 8.26. The lowest BCUT2D eigenvalue weighted by atomic mass is 10.1. The van der Waals surface area contributed by atoms with E-state index < -0.39 is 0 Å². The maximum Gasteiger partial charge on any atom is 0.136 e. The highest BCUT2D eigenvalue weighted by atomic mass is 32.1. The van der Waals surface area contributed by atoms with Crippen LogP contribution in [0.4, 0.5) is 5.69 Å². The van der Waals surface area contributed by atoms with Crippen molar-refractivity contribution in [1.82, 2.24) is 9.97 Å². The van der Waals surface area contributed by atoms with Gasteiger partial charge >= 0.3 is 0 Å². The molecule has 1 N–H and O–H groups in total. The molecule has 5 heteroatoms. The number of aromatic nitrogens is 2. The molecule has 0 fully saturated rings. The normalized spacial score (nSPS) is 11.4. The molecule has 4 aromatic rings. The Hall–Kier alpha value is -3.49. The largest absolute Gasteiger partial charge is 0.359 e. The lowest BCUT2D eigenvalue weighted by Gasteiger charge is -2.06. The summed E-state index contributed by atoms with van der Waals surface area (Å²) in [7, 11) is 0. The number of para-hydroxylation sites is 1.